The number of benzene rings is 1. The van der Waals surface area contributed by atoms with Crippen LogP contribution in [0, 0.1) is 34.0 Å². The normalized spacial score (nSPS) is 12.1. The van der Waals surface area contributed by atoms with Crippen LogP contribution in [0.3, 0.4) is 0 Å². The molecule has 1 aliphatic heterocycles. The van der Waals surface area contributed by atoms with E-state index in [0.717, 1.165) is 0 Å². The van der Waals surface area contributed by atoms with Gasteiger partial charge in [0.1, 0.15) is 29.7 Å². The first-order valence-electron chi connectivity index (χ1n) is 6.43. The van der Waals surface area contributed by atoms with Gasteiger partial charge in [0.05, 0.1) is 5.69 Å². The molecule has 0 aromatic heterocycles. The van der Waals surface area contributed by atoms with Crippen LogP contribution in [0.25, 0.3) is 0 Å². The molecular weight excluding hydrogens is 282 g/mol. The SMILES string of the molecule is CCN1C(=O)COc2cc(NC(C#N)=C(C#N)C#N)ccc21. The van der Waals surface area contributed by atoms with Crippen molar-refractivity contribution in [1.29, 1.82) is 15.8 Å². The maximum Gasteiger partial charge on any atom is 0.265 e. The minimum atomic E-state index is -0.300. The molecule has 108 valence electrons. The van der Waals surface area contributed by atoms with Crippen molar-refractivity contribution in [3.05, 3.63) is 29.5 Å². The second kappa shape index (κ2) is 6.30. The molecule has 0 unspecified atom stereocenters. The highest BCUT2D eigenvalue weighted by Gasteiger charge is 2.24. The number of nitrogens with zero attached hydrogens (tertiary/aromatic N) is 4. The van der Waals surface area contributed by atoms with Crippen molar-refractivity contribution in [2.24, 2.45) is 0 Å². The fourth-order valence-electron chi connectivity index (χ4n) is 2.06. The number of anilines is 2. The number of hydrogen-bond donors (Lipinski definition) is 1. The Labute approximate surface area is 127 Å². The van der Waals surface area contributed by atoms with Gasteiger partial charge in [0.25, 0.3) is 5.91 Å². The molecule has 1 amide bonds. The van der Waals surface area contributed by atoms with Crippen LogP contribution in [-0.4, -0.2) is 19.1 Å². The summed E-state index contributed by atoms with van der Waals surface area (Å²) in [5, 5.41) is 29.3. The van der Waals surface area contributed by atoms with Crippen LogP contribution in [0.5, 0.6) is 5.75 Å². The van der Waals surface area contributed by atoms with E-state index in [4.69, 9.17) is 20.5 Å². The van der Waals surface area contributed by atoms with Gasteiger partial charge in [0, 0.05) is 18.3 Å². The van der Waals surface area contributed by atoms with Gasteiger partial charge >= 0.3 is 0 Å². The standard InChI is InChI=1S/C15H11N5O2/c1-2-20-13-4-3-11(5-14(13)22-9-15(20)21)19-12(8-18)10(6-16)7-17/h3-5,19H,2,9H2,1H3. The van der Waals surface area contributed by atoms with E-state index in [9.17, 15) is 4.79 Å². The first-order valence-corrected chi connectivity index (χ1v) is 6.43. The smallest absolute Gasteiger partial charge is 0.265 e. The van der Waals surface area contributed by atoms with Crippen molar-refractivity contribution >= 4 is 17.3 Å². The summed E-state index contributed by atoms with van der Waals surface area (Å²) in [6.07, 6.45) is 0. The Morgan fingerprint density at radius 3 is 2.64 bits per heavy atom. The van der Waals surface area contributed by atoms with Gasteiger partial charge in [-0.15, -0.1) is 0 Å². The summed E-state index contributed by atoms with van der Waals surface area (Å²) < 4.78 is 5.38. The van der Waals surface area contributed by atoms with Crippen molar-refractivity contribution in [1.82, 2.24) is 0 Å². The summed E-state index contributed by atoms with van der Waals surface area (Å²) in [6, 6.07) is 10.0. The molecule has 1 N–H and O–H groups in total. The number of carbonyl (C=O) groups is 1. The minimum Gasteiger partial charge on any atom is -0.481 e. The third kappa shape index (κ3) is 2.67. The summed E-state index contributed by atoms with van der Waals surface area (Å²) in [5.41, 5.74) is 0.701. The Balaban J connectivity index is 2.36. The number of amides is 1. The quantitative estimate of drug-likeness (QED) is 0.848. The molecule has 0 aliphatic carbocycles. The van der Waals surface area contributed by atoms with Gasteiger partial charge < -0.3 is 15.0 Å². The molecule has 0 saturated carbocycles. The molecule has 0 saturated heterocycles. The molecular formula is C15H11N5O2. The second-order valence-electron chi connectivity index (χ2n) is 4.32. The lowest BCUT2D eigenvalue weighted by Crippen LogP contribution is -2.38. The highest BCUT2D eigenvalue weighted by atomic mass is 16.5. The lowest BCUT2D eigenvalue weighted by molar-refractivity contribution is -0.121. The Hall–Kier alpha value is -3.50. The van der Waals surface area contributed by atoms with Crippen molar-refractivity contribution < 1.29 is 9.53 Å². The lowest BCUT2D eigenvalue weighted by Gasteiger charge is -2.28. The average molecular weight is 293 g/mol. The minimum absolute atomic E-state index is 0.0487. The molecule has 1 aromatic rings. The summed E-state index contributed by atoms with van der Waals surface area (Å²) in [4.78, 5) is 13.3. The zero-order valence-electron chi connectivity index (χ0n) is 11.8. The maximum atomic E-state index is 11.7. The van der Waals surface area contributed by atoms with Gasteiger partial charge in [-0.2, -0.15) is 15.8 Å². The molecule has 1 heterocycles. The van der Waals surface area contributed by atoms with Crippen LogP contribution in [0.2, 0.25) is 0 Å². The molecule has 1 aliphatic rings. The molecule has 2 rings (SSSR count). The molecule has 0 bridgehead atoms. The van der Waals surface area contributed by atoms with E-state index in [1.54, 1.807) is 41.3 Å². The molecule has 22 heavy (non-hydrogen) atoms. The Kier molecular flexibility index (Phi) is 4.27. The van der Waals surface area contributed by atoms with Gasteiger partial charge in [0.15, 0.2) is 12.2 Å². The summed E-state index contributed by atoms with van der Waals surface area (Å²) in [5.74, 6) is 0.378. The first kappa shape index (κ1) is 14.9. The van der Waals surface area contributed by atoms with E-state index in [1.165, 1.54) is 0 Å². The van der Waals surface area contributed by atoms with E-state index < -0.39 is 0 Å². The topological polar surface area (TPSA) is 113 Å². The molecule has 0 fully saturated rings. The number of carbonyl (C=O) groups excluding carboxylic acids is 1. The van der Waals surface area contributed by atoms with Crippen LogP contribution < -0.4 is 15.0 Å². The summed E-state index contributed by atoms with van der Waals surface area (Å²) >= 11 is 0. The van der Waals surface area contributed by atoms with E-state index in [0.29, 0.717) is 23.7 Å². The van der Waals surface area contributed by atoms with Gasteiger partial charge in [-0.1, -0.05) is 0 Å². The van der Waals surface area contributed by atoms with Crippen molar-refractivity contribution in [3.63, 3.8) is 0 Å². The van der Waals surface area contributed by atoms with Crippen LogP contribution in [-0.2, 0) is 4.79 Å². The highest BCUT2D eigenvalue weighted by Crippen LogP contribution is 2.34. The largest absolute Gasteiger partial charge is 0.481 e. The number of fused-ring (bicyclic) bond motifs is 1. The highest BCUT2D eigenvalue weighted by molar-refractivity contribution is 5.98. The average Bonchev–Trinajstić information content (AvgIpc) is 2.55. The molecule has 1 aromatic carbocycles. The number of ether oxygens (including phenoxy) is 1. The zero-order valence-corrected chi connectivity index (χ0v) is 11.8. The van der Waals surface area contributed by atoms with E-state index in [1.807, 2.05) is 6.92 Å². The Morgan fingerprint density at radius 1 is 1.32 bits per heavy atom. The van der Waals surface area contributed by atoms with Crippen molar-refractivity contribution in [3.8, 4) is 24.0 Å². The molecule has 0 spiro atoms. The number of nitriles is 3. The van der Waals surface area contributed by atoms with E-state index in [-0.39, 0.29) is 23.8 Å². The Bertz CT molecular complexity index is 761. The zero-order chi connectivity index (χ0) is 16.1. The predicted octanol–water partition coefficient (Wildman–Crippen LogP) is 1.67. The van der Waals surface area contributed by atoms with Crippen LogP contribution >= 0.6 is 0 Å². The molecule has 7 heteroatoms. The van der Waals surface area contributed by atoms with Gasteiger partial charge in [-0.3, -0.25) is 4.79 Å². The fraction of sp³-hybridized carbons (Fsp3) is 0.200. The van der Waals surface area contributed by atoms with E-state index in [2.05, 4.69) is 5.32 Å². The maximum absolute atomic E-state index is 11.7. The number of likely N-dealkylation sites (N-methyl/N-ethyl adjacent to an activating group) is 1. The number of allylic oxidation sites excluding steroid dienone is 2. The number of rotatable bonds is 3. The monoisotopic (exact) mass is 293 g/mol. The van der Waals surface area contributed by atoms with E-state index >= 15 is 0 Å². The first-order chi connectivity index (χ1) is 10.6. The summed E-state index contributed by atoms with van der Waals surface area (Å²) in [7, 11) is 0. The van der Waals surface area contributed by atoms with Gasteiger partial charge in [0.2, 0.25) is 0 Å². The number of nitrogens with one attached hydrogen (secondary N) is 1. The van der Waals surface area contributed by atoms with Crippen molar-refractivity contribution in [2.45, 2.75) is 6.92 Å². The second-order valence-corrected chi connectivity index (χ2v) is 4.32. The van der Waals surface area contributed by atoms with Gasteiger partial charge in [-0.05, 0) is 19.1 Å². The third-order valence-corrected chi connectivity index (χ3v) is 3.07. The molecule has 0 radical (unpaired) electrons. The molecule has 0 atom stereocenters. The fourth-order valence-corrected chi connectivity index (χ4v) is 2.06. The van der Waals surface area contributed by atoms with Crippen LogP contribution in [0.15, 0.2) is 29.5 Å². The van der Waals surface area contributed by atoms with Crippen LogP contribution in [0.4, 0.5) is 11.4 Å². The Morgan fingerprint density at radius 2 is 2.05 bits per heavy atom. The predicted molar refractivity (Wildman–Crippen MR) is 77.5 cm³/mol. The van der Waals surface area contributed by atoms with Gasteiger partial charge in [-0.25, -0.2) is 0 Å². The number of hydrogen-bond acceptors (Lipinski definition) is 6. The lowest BCUT2D eigenvalue weighted by atomic mass is 10.2. The van der Waals surface area contributed by atoms with Crippen molar-refractivity contribution in [2.75, 3.05) is 23.4 Å². The third-order valence-electron chi connectivity index (χ3n) is 3.07. The van der Waals surface area contributed by atoms with Crippen LogP contribution in [0.1, 0.15) is 6.92 Å². The molecule has 7 nitrogen and oxygen atoms in total. The summed E-state index contributed by atoms with van der Waals surface area (Å²) in [6.45, 7) is 2.34.